The van der Waals surface area contributed by atoms with Crippen LogP contribution >= 0.6 is 0 Å². The summed E-state index contributed by atoms with van der Waals surface area (Å²) in [6, 6.07) is -1.35. The van der Waals surface area contributed by atoms with Crippen LogP contribution in [0, 0.1) is 0 Å². The van der Waals surface area contributed by atoms with Crippen LogP contribution in [-0.2, 0) is 4.79 Å². The molecule has 92 valence electrons. The number of likely N-dealkylation sites (N-methyl/N-ethyl adjacent to an activating group) is 1. The van der Waals surface area contributed by atoms with Crippen LogP contribution in [0.4, 0.5) is 10.5 Å². The van der Waals surface area contributed by atoms with E-state index in [-0.39, 0.29) is 0 Å². The molecule has 0 aromatic carbocycles. The van der Waals surface area contributed by atoms with Crippen molar-refractivity contribution >= 4 is 17.7 Å². The van der Waals surface area contributed by atoms with Crippen molar-refractivity contribution in [2.45, 2.75) is 19.4 Å². The predicted molar refractivity (Wildman–Crippen MR) is 60.5 cm³/mol. The quantitative estimate of drug-likeness (QED) is 0.809. The van der Waals surface area contributed by atoms with Gasteiger partial charge in [-0.05, 0) is 6.42 Å². The molecule has 1 unspecified atom stereocenters. The van der Waals surface area contributed by atoms with Crippen molar-refractivity contribution in [1.29, 1.82) is 0 Å². The van der Waals surface area contributed by atoms with Gasteiger partial charge in [0.05, 0.1) is 18.1 Å². The molecule has 7 heteroatoms. The minimum Gasteiger partial charge on any atom is -0.480 e. The fourth-order valence-electron chi connectivity index (χ4n) is 1.33. The van der Waals surface area contributed by atoms with Gasteiger partial charge in [-0.25, -0.2) is 19.6 Å². The largest absolute Gasteiger partial charge is 0.480 e. The highest BCUT2D eigenvalue weighted by molar-refractivity contribution is 5.91. The van der Waals surface area contributed by atoms with Crippen LogP contribution in [-0.4, -0.2) is 45.1 Å². The van der Waals surface area contributed by atoms with Crippen molar-refractivity contribution in [3.05, 3.63) is 18.7 Å². The Morgan fingerprint density at radius 3 is 2.53 bits per heavy atom. The number of aliphatic carboxylic acids is 1. The second-order valence-electron chi connectivity index (χ2n) is 3.43. The molecule has 1 atom stereocenters. The molecule has 17 heavy (non-hydrogen) atoms. The zero-order valence-corrected chi connectivity index (χ0v) is 9.62. The third-order valence-corrected chi connectivity index (χ3v) is 2.27. The Labute approximate surface area is 98.5 Å². The van der Waals surface area contributed by atoms with E-state index >= 15 is 0 Å². The van der Waals surface area contributed by atoms with E-state index in [0.717, 1.165) is 4.90 Å². The highest BCUT2D eigenvalue weighted by Gasteiger charge is 2.24. The lowest BCUT2D eigenvalue weighted by Crippen LogP contribution is -2.44. The zero-order valence-electron chi connectivity index (χ0n) is 9.62. The fraction of sp³-hybridized carbons (Fsp3) is 0.400. The average Bonchev–Trinajstić information content (AvgIpc) is 2.30. The van der Waals surface area contributed by atoms with Crippen LogP contribution in [0.15, 0.2) is 18.7 Å². The smallest absolute Gasteiger partial charge is 0.326 e. The van der Waals surface area contributed by atoms with Gasteiger partial charge >= 0.3 is 12.0 Å². The summed E-state index contributed by atoms with van der Waals surface area (Å²) in [5.41, 5.74) is 0.421. The van der Waals surface area contributed by atoms with E-state index in [4.69, 9.17) is 5.11 Å². The molecule has 1 aromatic heterocycles. The molecule has 0 aliphatic rings. The number of anilines is 1. The fourth-order valence-corrected chi connectivity index (χ4v) is 1.33. The topological polar surface area (TPSA) is 95.4 Å². The molecule has 0 spiro atoms. The molecule has 0 aliphatic carbocycles. The van der Waals surface area contributed by atoms with Gasteiger partial charge < -0.3 is 15.3 Å². The zero-order chi connectivity index (χ0) is 12.8. The van der Waals surface area contributed by atoms with E-state index in [0.29, 0.717) is 12.1 Å². The number of hydrogen-bond acceptors (Lipinski definition) is 4. The first kappa shape index (κ1) is 12.9. The van der Waals surface area contributed by atoms with Gasteiger partial charge in [0.1, 0.15) is 12.4 Å². The van der Waals surface area contributed by atoms with Crippen molar-refractivity contribution in [2.24, 2.45) is 0 Å². The summed E-state index contributed by atoms with van der Waals surface area (Å²) in [4.78, 5) is 31.2. The molecule has 1 aromatic rings. The maximum absolute atomic E-state index is 11.7. The second-order valence-corrected chi connectivity index (χ2v) is 3.43. The maximum Gasteiger partial charge on any atom is 0.326 e. The molecule has 0 saturated carbocycles. The molecule has 0 aliphatic heterocycles. The minimum absolute atomic E-state index is 0.338. The van der Waals surface area contributed by atoms with Gasteiger partial charge in [-0.1, -0.05) is 6.92 Å². The van der Waals surface area contributed by atoms with E-state index in [2.05, 4.69) is 15.3 Å². The summed E-state index contributed by atoms with van der Waals surface area (Å²) in [7, 11) is 1.43. The number of amides is 2. The van der Waals surface area contributed by atoms with Crippen molar-refractivity contribution < 1.29 is 14.7 Å². The molecule has 1 rings (SSSR count). The molecule has 2 amide bonds. The van der Waals surface area contributed by atoms with Gasteiger partial charge in [0.15, 0.2) is 0 Å². The van der Waals surface area contributed by atoms with E-state index in [1.165, 1.54) is 25.8 Å². The molecule has 1 heterocycles. The number of rotatable bonds is 4. The monoisotopic (exact) mass is 238 g/mol. The van der Waals surface area contributed by atoms with Crippen LogP contribution in [0.5, 0.6) is 0 Å². The Hall–Kier alpha value is -2.18. The Morgan fingerprint density at radius 1 is 1.47 bits per heavy atom. The van der Waals surface area contributed by atoms with Crippen LogP contribution in [0.3, 0.4) is 0 Å². The second kappa shape index (κ2) is 5.78. The van der Waals surface area contributed by atoms with E-state index < -0.39 is 18.0 Å². The molecular formula is C10H14N4O3. The standard InChI is InChI=1S/C10H14N4O3/c1-3-8(9(15)16)14(2)10(17)13-7-4-11-6-12-5-7/h4-6,8H,3H2,1-2H3,(H,13,17)(H,15,16). The number of carbonyl (C=O) groups is 2. The highest BCUT2D eigenvalue weighted by atomic mass is 16.4. The van der Waals surface area contributed by atoms with Crippen LogP contribution < -0.4 is 5.32 Å². The van der Waals surface area contributed by atoms with Gasteiger partial charge in [0, 0.05) is 7.05 Å². The van der Waals surface area contributed by atoms with Gasteiger partial charge in [0.25, 0.3) is 0 Å². The van der Waals surface area contributed by atoms with Crippen LogP contribution in [0.2, 0.25) is 0 Å². The first-order valence-electron chi connectivity index (χ1n) is 5.08. The summed E-state index contributed by atoms with van der Waals surface area (Å²) >= 11 is 0. The number of hydrogen-bond donors (Lipinski definition) is 2. The first-order valence-corrected chi connectivity index (χ1v) is 5.08. The summed E-state index contributed by atoms with van der Waals surface area (Å²) in [6.07, 6.45) is 4.54. The lowest BCUT2D eigenvalue weighted by atomic mass is 10.2. The molecular weight excluding hydrogens is 224 g/mol. The summed E-state index contributed by atoms with van der Waals surface area (Å²) < 4.78 is 0. The SMILES string of the molecule is CCC(C(=O)O)N(C)C(=O)Nc1cncnc1. The predicted octanol–water partition coefficient (Wildman–Crippen LogP) is 0.803. The third-order valence-electron chi connectivity index (χ3n) is 2.27. The molecule has 7 nitrogen and oxygen atoms in total. The average molecular weight is 238 g/mol. The van der Waals surface area contributed by atoms with Crippen LogP contribution in [0.25, 0.3) is 0 Å². The van der Waals surface area contributed by atoms with Gasteiger partial charge in [-0.15, -0.1) is 0 Å². The van der Waals surface area contributed by atoms with Gasteiger partial charge in [0.2, 0.25) is 0 Å². The Bertz CT molecular complexity index is 396. The molecule has 2 N–H and O–H groups in total. The normalized spacial score (nSPS) is 11.6. The highest BCUT2D eigenvalue weighted by Crippen LogP contribution is 2.07. The number of aromatic nitrogens is 2. The van der Waals surface area contributed by atoms with E-state index in [1.807, 2.05) is 0 Å². The summed E-state index contributed by atoms with van der Waals surface area (Å²) in [5, 5.41) is 11.4. The van der Waals surface area contributed by atoms with E-state index in [1.54, 1.807) is 6.92 Å². The Kier molecular flexibility index (Phi) is 4.38. The van der Waals surface area contributed by atoms with Crippen LogP contribution in [0.1, 0.15) is 13.3 Å². The number of carboxylic acids is 1. The Balaban J connectivity index is 2.67. The molecule has 0 radical (unpaired) electrons. The number of nitrogens with zero attached hydrogens (tertiary/aromatic N) is 3. The number of carboxylic acid groups (broad SMARTS) is 1. The summed E-state index contributed by atoms with van der Waals surface area (Å²) in [5.74, 6) is -1.03. The molecule has 0 saturated heterocycles. The first-order chi connectivity index (χ1) is 8.06. The lowest BCUT2D eigenvalue weighted by molar-refractivity contribution is -0.141. The van der Waals surface area contributed by atoms with Gasteiger partial charge in [-0.3, -0.25) is 0 Å². The Morgan fingerprint density at radius 2 is 2.06 bits per heavy atom. The van der Waals surface area contributed by atoms with Crippen molar-refractivity contribution in [1.82, 2.24) is 14.9 Å². The van der Waals surface area contributed by atoms with E-state index in [9.17, 15) is 9.59 Å². The van der Waals surface area contributed by atoms with Crippen molar-refractivity contribution in [2.75, 3.05) is 12.4 Å². The van der Waals surface area contributed by atoms with Crippen molar-refractivity contribution in [3.8, 4) is 0 Å². The molecule has 0 fully saturated rings. The number of nitrogens with one attached hydrogen (secondary N) is 1. The molecule has 0 bridgehead atoms. The van der Waals surface area contributed by atoms with Crippen molar-refractivity contribution in [3.63, 3.8) is 0 Å². The van der Waals surface area contributed by atoms with Gasteiger partial charge in [-0.2, -0.15) is 0 Å². The maximum atomic E-state index is 11.7. The minimum atomic E-state index is -1.03. The lowest BCUT2D eigenvalue weighted by Gasteiger charge is -2.23. The summed E-state index contributed by atoms with van der Waals surface area (Å²) in [6.45, 7) is 1.70. The number of urea groups is 1. The third kappa shape index (κ3) is 3.40. The number of carbonyl (C=O) groups excluding carboxylic acids is 1.